The van der Waals surface area contributed by atoms with Gasteiger partial charge in [0.15, 0.2) is 5.65 Å². The first-order chi connectivity index (χ1) is 12.0. The van der Waals surface area contributed by atoms with Crippen LogP contribution >= 0.6 is 0 Å². The van der Waals surface area contributed by atoms with E-state index in [1.54, 1.807) is 12.1 Å². The summed E-state index contributed by atoms with van der Waals surface area (Å²) in [5, 5.41) is 4.66. The number of nitrogens with zero attached hydrogens (tertiary/aromatic N) is 4. The van der Waals surface area contributed by atoms with Gasteiger partial charge in [-0.3, -0.25) is 9.36 Å². The van der Waals surface area contributed by atoms with Crippen molar-refractivity contribution in [1.82, 2.24) is 19.3 Å². The molecule has 2 aromatic heterocycles. The third-order valence-corrected chi connectivity index (χ3v) is 4.18. The maximum Gasteiger partial charge on any atom is 0.269 e. The number of rotatable bonds is 2. The van der Waals surface area contributed by atoms with Gasteiger partial charge >= 0.3 is 0 Å². The van der Waals surface area contributed by atoms with Gasteiger partial charge in [-0.1, -0.05) is 12.1 Å². The standard InChI is InChI=1S/C19H15FN4O/c1-12-3-4-13(2)17(9-12)23-11-21-18-16(19(23)25)10-22-24(18)15-7-5-14(20)6-8-15/h3-11H,1-2H3. The molecule has 0 aliphatic rings. The van der Waals surface area contributed by atoms with Gasteiger partial charge in [0.2, 0.25) is 0 Å². The van der Waals surface area contributed by atoms with Gasteiger partial charge in [-0.15, -0.1) is 0 Å². The molecule has 0 spiro atoms. The molecule has 5 nitrogen and oxygen atoms in total. The van der Waals surface area contributed by atoms with Crippen molar-refractivity contribution in [1.29, 1.82) is 0 Å². The topological polar surface area (TPSA) is 52.7 Å². The van der Waals surface area contributed by atoms with Crippen molar-refractivity contribution in [3.8, 4) is 11.4 Å². The lowest BCUT2D eigenvalue weighted by atomic mass is 10.1. The van der Waals surface area contributed by atoms with Crippen molar-refractivity contribution >= 4 is 11.0 Å². The van der Waals surface area contributed by atoms with E-state index in [9.17, 15) is 9.18 Å². The molecule has 4 aromatic rings. The number of benzene rings is 2. The fraction of sp³-hybridized carbons (Fsp3) is 0.105. The van der Waals surface area contributed by atoms with Crippen LogP contribution in [0.3, 0.4) is 0 Å². The van der Waals surface area contributed by atoms with Gasteiger partial charge < -0.3 is 0 Å². The SMILES string of the molecule is Cc1ccc(C)c(-n2cnc3c(cnn3-c3ccc(F)cc3)c2=O)c1. The second-order valence-corrected chi connectivity index (χ2v) is 5.98. The Balaban J connectivity index is 1.92. The monoisotopic (exact) mass is 334 g/mol. The van der Waals surface area contributed by atoms with Crippen molar-refractivity contribution in [3.05, 3.63) is 82.3 Å². The van der Waals surface area contributed by atoms with Crippen LogP contribution in [0.2, 0.25) is 0 Å². The highest BCUT2D eigenvalue weighted by atomic mass is 19.1. The van der Waals surface area contributed by atoms with Crippen LogP contribution in [-0.2, 0) is 0 Å². The average Bonchev–Trinajstić information content (AvgIpc) is 3.03. The summed E-state index contributed by atoms with van der Waals surface area (Å²) in [5.41, 5.74) is 3.75. The zero-order valence-corrected chi connectivity index (χ0v) is 13.8. The molecular weight excluding hydrogens is 319 g/mol. The molecule has 2 heterocycles. The predicted octanol–water partition coefficient (Wildman–Crippen LogP) is 3.33. The molecule has 2 aromatic carbocycles. The van der Waals surface area contributed by atoms with Gasteiger partial charge in [0.1, 0.15) is 17.5 Å². The summed E-state index contributed by atoms with van der Waals surface area (Å²) in [6, 6.07) is 11.8. The molecule has 0 bridgehead atoms. The Bertz CT molecular complexity index is 1140. The predicted molar refractivity (Wildman–Crippen MR) is 93.9 cm³/mol. The van der Waals surface area contributed by atoms with Gasteiger partial charge in [-0.2, -0.15) is 5.10 Å². The Morgan fingerprint density at radius 3 is 2.56 bits per heavy atom. The molecule has 0 saturated heterocycles. The summed E-state index contributed by atoms with van der Waals surface area (Å²) in [7, 11) is 0. The summed E-state index contributed by atoms with van der Waals surface area (Å²) in [6.45, 7) is 3.93. The highest BCUT2D eigenvalue weighted by molar-refractivity contribution is 5.75. The minimum absolute atomic E-state index is 0.188. The molecule has 6 heteroatoms. The van der Waals surface area contributed by atoms with E-state index in [1.165, 1.54) is 33.9 Å². The number of aryl methyl sites for hydroxylation is 2. The van der Waals surface area contributed by atoms with Gasteiger partial charge in [0.05, 0.1) is 17.6 Å². The summed E-state index contributed by atoms with van der Waals surface area (Å²) >= 11 is 0. The van der Waals surface area contributed by atoms with E-state index in [0.29, 0.717) is 16.7 Å². The quantitative estimate of drug-likeness (QED) is 0.565. The normalized spacial score (nSPS) is 11.2. The van der Waals surface area contributed by atoms with E-state index in [-0.39, 0.29) is 11.4 Å². The number of fused-ring (bicyclic) bond motifs is 1. The molecule has 0 unspecified atom stereocenters. The maximum absolute atomic E-state index is 13.1. The first kappa shape index (κ1) is 15.3. The number of aromatic nitrogens is 4. The molecule has 0 saturated carbocycles. The fourth-order valence-corrected chi connectivity index (χ4v) is 2.83. The van der Waals surface area contributed by atoms with E-state index in [0.717, 1.165) is 16.8 Å². The first-order valence-electron chi connectivity index (χ1n) is 7.83. The summed E-state index contributed by atoms with van der Waals surface area (Å²) in [5.74, 6) is -0.328. The van der Waals surface area contributed by atoms with Crippen molar-refractivity contribution in [2.75, 3.05) is 0 Å². The Morgan fingerprint density at radius 2 is 1.80 bits per heavy atom. The minimum atomic E-state index is -0.328. The van der Waals surface area contributed by atoms with Gasteiger partial charge in [-0.25, -0.2) is 14.1 Å². The second-order valence-electron chi connectivity index (χ2n) is 5.98. The van der Waals surface area contributed by atoms with Crippen molar-refractivity contribution in [3.63, 3.8) is 0 Å². The van der Waals surface area contributed by atoms with Crippen LogP contribution in [0, 0.1) is 19.7 Å². The van der Waals surface area contributed by atoms with Crippen molar-refractivity contribution < 1.29 is 4.39 Å². The van der Waals surface area contributed by atoms with Crippen LogP contribution in [-0.4, -0.2) is 19.3 Å². The minimum Gasteiger partial charge on any atom is -0.268 e. The molecule has 0 aliphatic heterocycles. The van der Waals surface area contributed by atoms with Gasteiger partial charge in [0, 0.05) is 0 Å². The van der Waals surface area contributed by atoms with Crippen molar-refractivity contribution in [2.45, 2.75) is 13.8 Å². The second kappa shape index (κ2) is 5.66. The number of hydrogen-bond acceptors (Lipinski definition) is 3. The van der Waals surface area contributed by atoms with Gasteiger partial charge in [0.25, 0.3) is 5.56 Å². The van der Waals surface area contributed by atoms with E-state index < -0.39 is 0 Å². The lowest BCUT2D eigenvalue weighted by Crippen LogP contribution is -2.19. The Morgan fingerprint density at radius 1 is 1.04 bits per heavy atom. The number of hydrogen-bond donors (Lipinski definition) is 0. The Kier molecular flexibility index (Phi) is 3.46. The molecule has 0 aliphatic carbocycles. The van der Waals surface area contributed by atoms with E-state index in [1.807, 2.05) is 32.0 Å². The summed E-state index contributed by atoms with van der Waals surface area (Å²) in [4.78, 5) is 17.3. The highest BCUT2D eigenvalue weighted by Gasteiger charge is 2.13. The van der Waals surface area contributed by atoms with E-state index >= 15 is 0 Å². The van der Waals surface area contributed by atoms with Crippen molar-refractivity contribution in [2.24, 2.45) is 0 Å². The maximum atomic E-state index is 13.1. The average molecular weight is 334 g/mol. The Labute approximate surface area is 143 Å². The summed E-state index contributed by atoms with van der Waals surface area (Å²) < 4.78 is 16.2. The molecule has 0 amide bonds. The van der Waals surface area contributed by atoms with Crippen LogP contribution in [0.1, 0.15) is 11.1 Å². The third-order valence-electron chi connectivity index (χ3n) is 4.18. The molecule has 0 atom stereocenters. The first-order valence-corrected chi connectivity index (χ1v) is 7.83. The largest absolute Gasteiger partial charge is 0.269 e. The molecule has 124 valence electrons. The third kappa shape index (κ3) is 2.52. The molecule has 0 fully saturated rings. The van der Waals surface area contributed by atoms with Gasteiger partial charge in [-0.05, 0) is 55.3 Å². The fourth-order valence-electron chi connectivity index (χ4n) is 2.83. The molecule has 4 rings (SSSR count). The smallest absolute Gasteiger partial charge is 0.268 e. The lowest BCUT2D eigenvalue weighted by Gasteiger charge is -2.10. The van der Waals surface area contributed by atoms with Crippen LogP contribution in [0.15, 0.2) is 59.8 Å². The van der Waals surface area contributed by atoms with Crippen LogP contribution in [0.5, 0.6) is 0 Å². The molecule has 0 radical (unpaired) electrons. The zero-order valence-electron chi connectivity index (χ0n) is 13.8. The highest BCUT2D eigenvalue weighted by Crippen LogP contribution is 2.17. The number of halogens is 1. The van der Waals surface area contributed by atoms with Crippen LogP contribution in [0.4, 0.5) is 4.39 Å². The lowest BCUT2D eigenvalue weighted by molar-refractivity contribution is 0.627. The van der Waals surface area contributed by atoms with Crippen LogP contribution < -0.4 is 5.56 Å². The molecule has 25 heavy (non-hydrogen) atoms. The van der Waals surface area contributed by atoms with E-state index in [2.05, 4.69) is 10.1 Å². The van der Waals surface area contributed by atoms with E-state index in [4.69, 9.17) is 0 Å². The summed E-state index contributed by atoms with van der Waals surface area (Å²) in [6.07, 6.45) is 3.00. The Hall–Kier alpha value is -3.28. The van der Waals surface area contributed by atoms with Crippen LogP contribution in [0.25, 0.3) is 22.4 Å². The zero-order chi connectivity index (χ0) is 17.6. The molecular formula is C19H15FN4O. The molecule has 0 N–H and O–H groups in total.